The maximum Gasteiger partial charge on any atom is 0.267 e. The van der Waals surface area contributed by atoms with Crippen molar-refractivity contribution < 1.29 is 22.7 Å². The van der Waals surface area contributed by atoms with Gasteiger partial charge >= 0.3 is 0 Å². The summed E-state index contributed by atoms with van der Waals surface area (Å²) in [6.45, 7) is 1.68. The van der Waals surface area contributed by atoms with Gasteiger partial charge in [-0.25, -0.2) is 18.1 Å². The normalized spacial score (nSPS) is 13.2. The summed E-state index contributed by atoms with van der Waals surface area (Å²) in [6, 6.07) is 12.9. The van der Waals surface area contributed by atoms with E-state index in [4.69, 9.17) is 9.47 Å². The van der Waals surface area contributed by atoms with Crippen molar-refractivity contribution in [2.75, 3.05) is 16.8 Å². The van der Waals surface area contributed by atoms with Gasteiger partial charge in [0.2, 0.25) is 12.7 Å². The number of fused-ring (bicyclic) bond motifs is 1. The number of anilines is 2. The lowest BCUT2D eigenvalue weighted by molar-refractivity contribution is -0.119. The summed E-state index contributed by atoms with van der Waals surface area (Å²) in [5.41, 5.74) is 1.09. The number of thiazole rings is 1. The molecule has 1 unspecified atom stereocenters. The van der Waals surface area contributed by atoms with Crippen molar-refractivity contribution >= 4 is 38.1 Å². The van der Waals surface area contributed by atoms with Crippen LogP contribution in [0, 0.1) is 0 Å². The Morgan fingerprint density at radius 2 is 1.86 bits per heavy atom. The largest absolute Gasteiger partial charge is 0.454 e. The Hall–Kier alpha value is -4.23. The lowest BCUT2D eigenvalue weighted by atomic mass is 10.1. The van der Waals surface area contributed by atoms with Gasteiger partial charge in [-0.3, -0.25) is 14.3 Å². The van der Waals surface area contributed by atoms with Crippen molar-refractivity contribution in [1.82, 2.24) is 14.8 Å². The quantitative estimate of drug-likeness (QED) is 0.375. The topological polar surface area (TPSA) is 142 Å². The molecule has 0 spiro atoms. The Bertz CT molecular complexity index is 1580. The van der Waals surface area contributed by atoms with Gasteiger partial charge in [-0.05, 0) is 55.5 Å². The van der Waals surface area contributed by atoms with Gasteiger partial charge in [0.1, 0.15) is 6.04 Å². The first-order valence-electron chi connectivity index (χ1n) is 10.6. The summed E-state index contributed by atoms with van der Waals surface area (Å²) < 4.78 is 39.2. The number of nitrogens with one attached hydrogen (secondary N) is 2. The van der Waals surface area contributed by atoms with Crippen LogP contribution in [0.5, 0.6) is 11.5 Å². The molecular formula is C23H19N5O6S2. The fourth-order valence-corrected chi connectivity index (χ4v) is 5.22. The lowest BCUT2D eigenvalue weighted by Crippen LogP contribution is -2.33. The summed E-state index contributed by atoms with van der Waals surface area (Å²) in [6.07, 6.45) is 1.49. The van der Waals surface area contributed by atoms with Gasteiger partial charge < -0.3 is 14.8 Å². The molecule has 0 saturated heterocycles. The number of amides is 1. The molecule has 0 radical (unpaired) electrons. The highest BCUT2D eigenvalue weighted by molar-refractivity contribution is 7.93. The minimum atomic E-state index is -3.82. The van der Waals surface area contributed by atoms with Crippen molar-refractivity contribution in [1.29, 1.82) is 0 Å². The van der Waals surface area contributed by atoms with E-state index in [-0.39, 0.29) is 16.8 Å². The van der Waals surface area contributed by atoms with Crippen LogP contribution in [0.25, 0.3) is 11.3 Å². The van der Waals surface area contributed by atoms with Gasteiger partial charge in [-0.2, -0.15) is 5.10 Å². The van der Waals surface area contributed by atoms with E-state index in [0.717, 1.165) is 16.0 Å². The number of carbonyl (C=O) groups excluding carboxylic acids is 1. The van der Waals surface area contributed by atoms with Gasteiger partial charge in [-0.15, -0.1) is 11.3 Å². The fraction of sp³-hybridized carbons (Fsp3) is 0.130. The van der Waals surface area contributed by atoms with Crippen molar-refractivity contribution in [3.05, 3.63) is 76.5 Å². The molecule has 13 heteroatoms. The van der Waals surface area contributed by atoms with Gasteiger partial charge in [-0.1, -0.05) is 0 Å². The minimum Gasteiger partial charge on any atom is -0.454 e. The second-order valence-electron chi connectivity index (χ2n) is 7.70. The molecule has 1 aliphatic rings. The molecule has 1 atom stereocenters. The van der Waals surface area contributed by atoms with Crippen LogP contribution in [0.1, 0.15) is 13.0 Å². The summed E-state index contributed by atoms with van der Waals surface area (Å²) in [5.74, 6) is 0.701. The molecule has 2 N–H and O–H groups in total. The number of benzene rings is 2. The molecule has 36 heavy (non-hydrogen) atoms. The van der Waals surface area contributed by atoms with Crippen molar-refractivity contribution in [3.63, 3.8) is 0 Å². The van der Waals surface area contributed by atoms with Crippen LogP contribution >= 0.6 is 11.3 Å². The Morgan fingerprint density at radius 1 is 1.08 bits per heavy atom. The first kappa shape index (κ1) is 23.5. The van der Waals surface area contributed by atoms with E-state index in [9.17, 15) is 18.0 Å². The number of sulfonamides is 1. The Morgan fingerprint density at radius 3 is 2.61 bits per heavy atom. The van der Waals surface area contributed by atoms with Crippen LogP contribution in [0.3, 0.4) is 0 Å². The van der Waals surface area contributed by atoms with E-state index in [0.29, 0.717) is 28.4 Å². The monoisotopic (exact) mass is 525 g/mol. The maximum absolute atomic E-state index is 12.9. The van der Waals surface area contributed by atoms with E-state index in [1.165, 1.54) is 36.5 Å². The van der Waals surface area contributed by atoms with Gasteiger partial charge in [0, 0.05) is 28.9 Å². The highest BCUT2D eigenvalue weighted by Crippen LogP contribution is 2.35. The molecule has 11 nitrogen and oxygen atoms in total. The molecule has 2 aromatic carbocycles. The van der Waals surface area contributed by atoms with Crippen LogP contribution in [-0.2, 0) is 14.8 Å². The predicted octanol–water partition coefficient (Wildman–Crippen LogP) is 3.10. The second-order valence-corrected chi connectivity index (χ2v) is 10.3. The van der Waals surface area contributed by atoms with Crippen molar-refractivity contribution in [2.45, 2.75) is 17.9 Å². The van der Waals surface area contributed by atoms with Gasteiger partial charge in [0.15, 0.2) is 16.6 Å². The van der Waals surface area contributed by atoms with Crippen molar-refractivity contribution in [2.24, 2.45) is 0 Å². The third kappa shape index (κ3) is 4.78. The fourth-order valence-electron chi connectivity index (χ4n) is 3.44. The van der Waals surface area contributed by atoms with Crippen molar-refractivity contribution in [3.8, 4) is 22.8 Å². The zero-order valence-electron chi connectivity index (χ0n) is 18.7. The molecule has 2 aromatic heterocycles. The molecule has 0 aliphatic carbocycles. The second kappa shape index (κ2) is 9.43. The summed E-state index contributed by atoms with van der Waals surface area (Å²) >= 11 is 1.16. The van der Waals surface area contributed by atoms with Crippen LogP contribution in [-0.4, -0.2) is 35.9 Å². The van der Waals surface area contributed by atoms with E-state index < -0.39 is 27.5 Å². The Balaban J connectivity index is 1.31. The molecule has 5 rings (SSSR count). The molecule has 0 saturated carbocycles. The number of aromatic nitrogens is 3. The zero-order chi connectivity index (χ0) is 25.3. The van der Waals surface area contributed by atoms with Crippen LogP contribution in [0.15, 0.2) is 75.9 Å². The van der Waals surface area contributed by atoms with E-state index >= 15 is 0 Å². The summed E-state index contributed by atoms with van der Waals surface area (Å²) in [5, 5.41) is 8.96. The number of rotatable bonds is 7. The first-order valence-corrected chi connectivity index (χ1v) is 13.0. The lowest BCUT2D eigenvalue weighted by Gasteiger charge is -2.15. The molecular weight excluding hydrogens is 506 g/mol. The molecule has 184 valence electrons. The minimum absolute atomic E-state index is 0.0121. The highest BCUT2D eigenvalue weighted by Gasteiger charge is 2.21. The van der Waals surface area contributed by atoms with E-state index in [1.807, 2.05) is 0 Å². The smallest absolute Gasteiger partial charge is 0.267 e. The molecule has 1 aliphatic heterocycles. The molecule has 1 amide bonds. The third-order valence-electron chi connectivity index (χ3n) is 5.33. The first-order chi connectivity index (χ1) is 17.3. The zero-order valence-corrected chi connectivity index (χ0v) is 20.4. The number of ether oxygens (including phenoxy) is 2. The van der Waals surface area contributed by atoms with Crippen LogP contribution in [0.2, 0.25) is 0 Å². The number of nitrogens with zero attached hydrogens (tertiary/aromatic N) is 3. The number of carbonyl (C=O) groups is 1. The maximum atomic E-state index is 12.9. The van der Waals surface area contributed by atoms with Gasteiger partial charge in [0.05, 0.1) is 10.6 Å². The molecule has 4 aromatic rings. The SMILES string of the molecule is CC(C(=O)Nc1ccc(S(=O)(=O)Nc2nccs2)cc1)n1nc(-c2ccc3c(c2)OCO3)ccc1=O. The summed E-state index contributed by atoms with van der Waals surface area (Å²) in [4.78, 5) is 29.3. The standard InChI is InChI=1S/C23H19N5O6S2/c1-14(28-21(29)9-7-18(26-28)15-2-8-19-20(12-15)34-13-33-19)22(30)25-16-3-5-17(6-4-16)36(31,32)27-23-24-10-11-35-23/h2-12,14H,13H2,1H3,(H,24,27)(H,25,30). The predicted molar refractivity (Wildman–Crippen MR) is 133 cm³/mol. The number of hydrogen-bond donors (Lipinski definition) is 2. The average Bonchev–Trinajstić information content (AvgIpc) is 3.55. The third-order valence-corrected chi connectivity index (χ3v) is 7.50. The van der Waals surface area contributed by atoms with E-state index in [2.05, 4.69) is 20.1 Å². The molecule has 0 bridgehead atoms. The van der Waals surface area contributed by atoms with Gasteiger partial charge in [0.25, 0.3) is 15.6 Å². The number of hydrogen-bond acceptors (Lipinski definition) is 9. The van der Waals surface area contributed by atoms with E-state index in [1.54, 1.807) is 36.6 Å². The summed E-state index contributed by atoms with van der Waals surface area (Å²) in [7, 11) is -3.82. The van der Waals surface area contributed by atoms with Crippen LogP contribution in [0.4, 0.5) is 10.8 Å². The average molecular weight is 526 g/mol. The van der Waals surface area contributed by atoms with Crippen LogP contribution < -0.4 is 25.1 Å². The molecule has 3 heterocycles. The Kier molecular flexibility index (Phi) is 6.16. The molecule has 0 fully saturated rings. The Labute approximate surface area is 209 Å². The highest BCUT2D eigenvalue weighted by atomic mass is 32.2.